The molecule has 2 atom stereocenters. The number of benzene rings is 1. The number of allylic oxidation sites excluding steroid dienone is 2. The zero-order chi connectivity index (χ0) is 17.8. The van der Waals surface area contributed by atoms with E-state index in [1.54, 1.807) is 17.5 Å². The molecule has 2 unspecified atom stereocenters. The number of nitrogens with one attached hydrogen (secondary N) is 1. The zero-order valence-electron chi connectivity index (χ0n) is 14.5. The lowest BCUT2D eigenvalue weighted by atomic mass is 9.82. The van der Waals surface area contributed by atoms with Crippen LogP contribution >= 0.6 is 11.3 Å². The number of carbonyl (C=O) groups is 1. The molecule has 0 saturated heterocycles. The molecule has 1 amide bonds. The second kappa shape index (κ2) is 7.79. The van der Waals surface area contributed by atoms with Crippen molar-refractivity contribution in [2.45, 2.75) is 25.2 Å². The molecule has 0 spiro atoms. The molecule has 0 radical (unpaired) electrons. The highest BCUT2D eigenvalue weighted by Gasteiger charge is 2.32. The van der Waals surface area contributed by atoms with Gasteiger partial charge >= 0.3 is 0 Å². The Kier molecular flexibility index (Phi) is 5.07. The molecule has 1 N–H and O–H groups in total. The fourth-order valence-corrected chi connectivity index (χ4v) is 4.56. The van der Waals surface area contributed by atoms with Crippen molar-refractivity contribution in [3.8, 4) is 0 Å². The maximum Gasteiger partial charge on any atom is 0.224 e. The van der Waals surface area contributed by atoms with Crippen LogP contribution in [0.5, 0.6) is 0 Å². The number of aromatic nitrogens is 2. The Bertz CT molecular complexity index is 886. The molecule has 0 bridgehead atoms. The van der Waals surface area contributed by atoms with Crippen LogP contribution in [-0.4, -0.2) is 22.4 Å². The minimum atomic E-state index is -0.0516. The highest BCUT2D eigenvalue weighted by atomic mass is 32.1. The van der Waals surface area contributed by atoms with Crippen LogP contribution in [0.2, 0.25) is 0 Å². The van der Waals surface area contributed by atoms with E-state index < -0.39 is 0 Å². The summed E-state index contributed by atoms with van der Waals surface area (Å²) in [6.07, 6.45) is 8.47. The summed E-state index contributed by atoms with van der Waals surface area (Å²) >= 11 is 1.71. The summed E-state index contributed by atoms with van der Waals surface area (Å²) in [5.74, 6) is 0.228. The largest absolute Gasteiger partial charge is 0.355 e. The van der Waals surface area contributed by atoms with Gasteiger partial charge in [0.2, 0.25) is 5.91 Å². The van der Waals surface area contributed by atoms with Crippen LogP contribution in [0.3, 0.4) is 0 Å². The standard InChI is InChI=1S/C21H21N3OS/c25-20(23-14-12-15-7-5-6-13-22-15)16-8-1-2-9-17(16)21-24-18-10-3-4-11-19(18)26-21/h1-7,10-11,13,16-17H,8-9,12,14H2,(H,23,25). The number of hydrogen-bond donors (Lipinski definition) is 1. The summed E-state index contributed by atoms with van der Waals surface area (Å²) < 4.78 is 1.19. The van der Waals surface area contributed by atoms with Gasteiger partial charge in [-0.25, -0.2) is 4.98 Å². The number of fused-ring (bicyclic) bond motifs is 1. The first-order valence-electron chi connectivity index (χ1n) is 8.99. The maximum absolute atomic E-state index is 12.8. The summed E-state index contributed by atoms with van der Waals surface area (Å²) in [7, 11) is 0. The molecule has 3 aromatic rings. The third kappa shape index (κ3) is 3.68. The van der Waals surface area contributed by atoms with Gasteiger partial charge in [-0.05, 0) is 37.1 Å². The number of pyridine rings is 1. The van der Waals surface area contributed by atoms with Gasteiger partial charge in [0.05, 0.1) is 21.1 Å². The summed E-state index contributed by atoms with van der Waals surface area (Å²) in [5.41, 5.74) is 2.02. The van der Waals surface area contributed by atoms with E-state index in [4.69, 9.17) is 4.98 Å². The Morgan fingerprint density at radius 1 is 1.12 bits per heavy atom. The second-order valence-electron chi connectivity index (χ2n) is 6.54. The average Bonchev–Trinajstić information content (AvgIpc) is 3.13. The second-order valence-corrected chi connectivity index (χ2v) is 7.60. The molecule has 1 aliphatic carbocycles. The first-order chi connectivity index (χ1) is 12.8. The highest BCUT2D eigenvalue weighted by Crippen LogP contribution is 2.38. The number of thiazole rings is 1. The van der Waals surface area contributed by atoms with E-state index in [2.05, 4.69) is 28.5 Å². The maximum atomic E-state index is 12.8. The Balaban J connectivity index is 1.45. The number of hydrogen-bond acceptors (Lipinski definition) is 4. The molecular formula is C21H21N3OS. The fourth-order valence-electron chi connectivity index (χ4n) is 3.42. The minimum absolute atomic E-state index is 0.0516. The van der Waals surface area contributed by atoms with Crippen molar-refractivity contribution in [2.75, 3.05) is 6.54 Å². The summed E-state index contributed by atoms with van der Waals surface area (Å²) in [4.78, 5) is 21.9. The van der Waals surface area contributed by atoms with Crippen molar-refractivity contribution in [1.82, 2.24) is 15.3 Å². The van der Waals surface area contributed by atoms with Crippen LogP contribution in [0.15, 0.2) is 60.8 Å². The molecule has 2 aromatic heterocycles. The van der Waals surface area contributed by atoms with E-state index in [0.29, 0.717) is 6.54 Å². The van der Waals surface area contributed by atoms with Gasteiger partial charge in [-0.2, -0.15) is 0 Å². The quantitative estimate of drug-likeness (QED) is 0.694. The number of para-hydroxylation sites is 1. The Hall–Kier alpha value is -2.53. The molecule has 1 aliphatic rings. The van der Waals surface area contributed by atoms with Crippen molar-refractivity contribution < 1.29 is 4.79 Å². The average molecular weight is 363 g/mol. The molecule has 4 rings (SSSR count). The predicted molar refractivity (Wildman–Crippen MR) is 105 cm³/mol. The van der Waals surface area contributed by atoms with E-state index in [-0.39, 0.29) is 17.7 Å². The number of nitrogens with zero attached hydrogens (tertiary/aromatic N) is 2. The monoisotopic (exact) mass is 363 g/mol. The van der Waals surface area contributed by atoms with E-state index >= 15 is 0 Å². The highest BCUT2D eigenvalue weighted by molar-refractivity contribution is 7.18. The van der Waals surface area contributed by atoms with Gasteiger partial charge in [0.1, 0.15) is 0 Å². The lowest BCUT2D eigenvalue weighted by Gasteiger charge is -2.26. The molecule has 1 aromatic carbocycles. The summed E-state index contributed by atoms with van der Waals surface area (Å²) in [6.45, 7) is 0.614. The van der Waals surface area contributed by atoms with Gasteiger partial charge in [-0.3, -0.25) is 9.78 Å². The Morgan fingerprint density at radius 3 is 2.81 bits per heavy atom. The van der Waals surface area contributed by atoms with Crippen LogP contribution < -0.4 is 5.32 Å². The molecule has 0 saturated carbocycles. The molecule has 26 heavy (non-hydrogen) atoms. The van der Waals surface area contributed by atoms with Crippen LogP contribution in [0.1, 0.15) is 29.5 Å². The third-order valence-corrected chi connectivity index (χ3v) is 5.97. The van der Waals surface area contributed by atoms with Crippen molar-refractivity contribution in [1.29, 1.82) is 0 Å². The lowest BCUT2D eigenvalue weighted by Crippen LogP contribution is -2.36. The van der Waals surface area contributed by atoms with Gasteiger partial charge < -0.3 is 5.32 Å². The molecule has 2 heterocycles. The van der Waals surface area contributed by atoms with Crippen LogP contribution in [0.4, 0.5) is 0 Å². The molecule has 132 valence electrons. The van der Waals surface area contributed by atoms with Gasteiger partial charge in [0.25, 0.3) is 0 Å². The van der Waals surface area contributed by atoms with Crippen molar-refractivity contribution >= 4 is 27.5 Å². The Labute approximate surface area is 157 Å². The normalized spacial score (nSPS) is 19.5. The zero-order valence-corrected chi connectivity index (χ0v) is 15.3. The molecule has 5 heteroatoms. The predicted octanol–water partition coefficient (Wildman–Crippen LogP) is 4.10. The Morgan fingerprint density at radius 2 is 1.96 bits per heavy atom. The van der Waals surface area contributed by atoms with Crippen LogP contribution in [0.25, 0.3) is 10.2 Å². The lowest BCUT2D eigenvalue weighted by molar-refractivity contribution is -0.125. The fraction of sp³-hybridized carbons (Fsp3) is 0.286. The van der Waals surface area contributed by atoms with Crippen LogP contribution in [-0.2, 0) is 11.2 Å². The van der Waals surface area contributed by atoms with Crippen molar-refractivity contribution in [3.05, 3.63) is 71.5 Å². The van der Waals surface area contributed by atoms with Crippen molar-refractivity contribution in [2.24, 2.45) is 5.92 Å². The summed E-state index contributed by atoms with van der Waals surface area (Å²) in [6, 6.07) is 14.0. The third-order valence-electron chi connectivity index (χ3n) is 4.80. The first-order valence-corrected chi connectivity index (χ1v) is 9.81. The van der Waals surface area contributed by atoms with Crippen molar-refractivity contribution in [3.63, 3.8) is 0 Å². The molecule has 4 nitrogen and oxygen atoms in total. The van der Waals surface area contributed by atoms with E-state index in [1.807, 2.05) is 36.4 Å². The smallest absolute Gasteiger partial charge is 0.224 e. The summed E-state index contributed by atoms with van der Waals surface area (Å²) in [5, 5.41) is 4.17. The van der Waals surface area contributed by atoms with Gasteiger partial charge in [0, 0.05) is 30.8 Å². The molecular weight excluding hydrogens is 342 g/mol. The minimum Gasteiger partial charge on any atom is -0.355 e. The first kappa shape index (κ1) is 16.9. The molecule has 0 fully saturated rings. The van der Waals surface area contributed by atoms with E-state index in [1.165, 1.54) is 4.70 Å². The molecule has 0 aliphatic heterocycles. The number of carbonyl (C=O) groups excluding carboxylic acids is 1. The SMILES string of the molecule is O=C(NCCc1ccccn1)C1CC=CCC1c1nc2ccccc2s1. The van der Waals surface area contributed by atoms with Gasteiger partial charge in [-0.1, -0.05) is 30.4 Å². The van der Waals surface area contributed by atoms with Gasteiger partial charge in [-0.15, -0.1) is 11.3 Å². The topological polar surface area (TPSA) is 54.9 Å². The van der Waals surface area contributed by atoms with E-state index in [0.717, 1.165) is 35.5 Å². The van der Waals surface area contributed by atoms with Crippen LogP contribution in [0, 0.1) is 5.92 Å². The van der Waals surface area contributed by atoms with Gasteiger partial charge in [0.15, 0.2) is 0 Å². The van der Waals surface area contributed by atoms with E-state index in [9.17, 15) is 4.79 Å². The number of amides is 1. The number of rotatable bonds is 5.